The zero-order valence-corrected chi connectivity index (χ0v) is 10.7. The topological polar surface area (TPSA) is 34.0 Å². The fraction of sp³-hybridized carbons (Fsp3) is 0.462. The number of piperidine rings is 1. The number of hydrogen-bond donors (Lipinski definition) is 1. The summed E-state index contributed by atoms with van der Waals surface area (Å²) in [6.07, 6.45) is 1.10. The van der Waals surface area contributed by atoms with E-state index < -0.39 is 0 Å². The third-order valence-electron chi connectivity index (χ3n) is 3.39. The molecule has 1 N–H and O–H groups in total. The van der Waals surface area contributed by atoms with Crippen LogP contribution in [0, 0.1) is 5.92 Å². The van der Waals surface area contributed by atoms with Gasteiger partial charge in [-0.15, -0.1) is 0 Å². The molecule has 0 saturated carbocycles. The number of hydrogen-bond acceptors (Lipinski definition) is 3. The van der Waals surface area contributed by atoms with Gasteiger partial charge in [0.25, 0.3) is 5.56 Å². The maximum atomic E-state index is 12.3. The van der Waals surface area contributed by atoms with Gasteiger partial charge in [0.1, 0.15) is 0 Å². The van der Waals surface area contributed by atoms with E-state index in [1.807, 2.05) is 28.2 Å². The first-order valence-electron chi connectivity index (χ1n) is 6.07. The molecule has 3 rings (SSSR count). The molecule has 0 spiro atoms. The van der Waals surface area contributed by atoms with Crippen LogP contribution in [-0.4, -0.2) is 17.0 Å². The molecular formula is C13H16N2OS. The Morgan fingerprint density at radius 2 is 2.18 bits per heavy atom. The second-order valence-electron chi connectivity index (χ2n) is 4.87. The van der Waals surface area contributed by atoms with Gasteiger partial charge < -0.3 is 5.32 Å². The molecular weight excluding hydrogens is 232 g/mol. The van der Waals surface area contributed by atoms with E-state index in [0.717, 1.165) is 29.6 Å². The average Bonchev–Trinajstić information content (AvgIpc) is 2.68. The molecule has 2 aromatic rings. The Hall–Kier alpha value is -1.13. The summed E-state index contributed by atoms with van der Waals surface area (Å²) >= 11 is 1.60. The second-order valence-corrected chi connectivity index (χ2v) is 5.89. The van der Waals surface area contributed by atoms with Crippen molar-refractivity contribution in [2.75, 3.05) is 13.1 Å². The van der Waals surface area contributed by atoms with E-state index in [-0.39, 0.29) is 5.56 Å². The lowest BCUT2D eigenvalue weighted by atomic mass is 9.98. The van der Waals surface area contributed by atoms with Gasteiger partial charge in [-0.1, -0.05) is 30.6 Å². The number of benzene rings is 1. The first-order valence-corrected chi connectivity index (χ1v) is 6.84. The van der Waals surface area contributed by atoms with Crippen LogP contribution >= 0.6 is 11.5 Å². The summed E-state index contributed by atoms with van der Waals surface area (Å²) in [4.78, 5) is 12.3. The van der Waals surface area contributed by atoms with E-state index in [2.05, 4.69) is 12.2 Å². The maximum Gasteiger partial charge on any atom is 0.268 e. The highest BCUT2D eigenvalue weighted by atomic mass is 32.1. The monoisotopic (exact) mass is 248 g/mol. The minimum atomic E-state index is 0.173. The van der Waals surface area contributed by atoms with Crippen molar-refractivity contribution in [2.24, 2.45) is 5.92 Å². The average molecular weight is 248 g/mol. The lowest BCUT2D eigenvalue weighted by Gasteiger charge is -2.27. The van der Waals surface area contributed by atoms with Crippen molar-refractivity contribution in [3.63, 3.8) is 0 Å². The van der Waals surface area contributed by atoms with Gasteiger partial charge >= 0.3 is 0 Å². The molecule has 1 fully saturated rings. The minimum absolute atomic E-state index is 0.173. The number of aromatic nitrogens is 1. The minimum Gasteiger partial charge on any atom is -0.314 e. The van der Waals surface area contributed by atoms with Crippen molar-refractivity contribution < 1.29 is 0 Å². The van der Waals surface area contributed by atoms with Crippen LogP contribution in [0.3, 0.4) is 0 Å². The first-order chi connectivity index (χ1) is 8.25. The molecule has 1 aromatic heterocycles. The summed E-state index contributed by atoms with van der Waals surface area (Å²) in [6.45, 7) is 4.21. The van der Waals surface area contributed by atoms with E-state index in [9.17, 15) is 4.79 Å². The zero-order chi connectivity index (χ0) is 11.8. The lowest BCUT2D eigenvalue weighted by Crippen LogP contribution is -2.38. The third kappa shape index (κ3) is 1.91. The predicted octanol–water partition coefficient (Wildman–Crippen LogP) is 2.23. The van der Waals surface area contributed by atoms with Gasteiger partial charge in [-0.3, -0.25) is 8.75 Å². The molecule has 1 aromatic carbocycles. The quantitative estimate of drug-likeness (QED) is 0.839. The second kappa shape index (κ2) is 4.27. The van der Waals surface area contributed by atoms with Crippen molar-refractivity contribution in [3.8, 4) is 0 Å². The molecule has 2 atom stereocenters. The molecule has 1 aliphatic rings. The molecule has 90 valence electrons. The molecule has 0 radical (unpaired) electrons. The van der Waals surface area contributed by atoms with Crippen LogP contribution in [0.25, 0.3) is 10.1 Å². The number of fused-ring (bicyclic) bond motifs is 1. The number of rotatable bonds is 1. The van der Waals surface area contributed by atoms with Gasteiger partial charge in [-0.25, -0.2) is 0 Å². The fourth-order valence-corrected chi connectivity index (χ4v) is 3.63. The Morgan fingerprint density at radius 1 is 1.35 bits per heavy atom. The van der Waals surface area contributed by atoms with Crippen LogP contribution in [-0.2, 0) is 0 Å². The van der Waals surface area contributed by atoms with E-state index in [4.69, 9.17) is 0 Å². The predicted molar refractivity (Wildman–Crippen MR) is 71.8 cm³/mol. The summed E-state index contributed by atoms with van der Waals surface area (Å²) in [5, 5.41) is 4.26. The van der Waals surface area contributed by atoms with E-state index in [1.54, 1.807) is 11.5 Å². The van der Waals surface area contributed by atoms with Crippen molar-refractivity contribution in [1.29, 1.82) is 0 Å². The summed E-state index contributed by atoms with van der Waals surface area (Å²) < 4.78 is 3.04. The van der Waals surface area contributed by atoms with Crippen LogP contribution in [0.1, 0.15) is 19.4 Å². The Bertz CT molecular complexity index is 586. The van der Waals surface area contributed by atoms with Gasteiger partial charge in [0, 0.05) is 6.54 Å². The number of nitrogens with zero attached hydrogens (tertiary/aromatic N) is 1. The van der Waals surface area contributed by atoms with Crippen LogP contribution in [0.5, 0.6) is 0 Å². The van der Waals surface area contributed by atoms with Gasteiger partial charge in [0.2, 0.25) is 0 Å². The molecule has 17 heavy (non-hydrogen) atoms. The van der Waals surface area contributed by atoms with Gasteiger partial charge in [0.05, 0.1) is 16.1 Å². The highest BCUT2D eigenvalue weighted by Crippen LogP contribution is 2.25. The largest absolute Gasteiger partial charge is 0.314 e. The van der Waals surface area contributed by atoms with Crippen LogP contribution in [0.4, 0.5) is 0 Å². The Kier molecular flexibility index (Phi) is 2.76. The first kappa shape index (κ1) is 11.0. The molecule has 1 aliphatic heterocycles. The summed E-state index contributed by atoms with van der Waals surface area (Å²) in [6, 6.07) is 8.19. The maximum absolute atomic E-state index is 12.3. The van der Waals surface area contributed by atoms with Gasteiger partial charge in [0.15, 0.2) is 0 Å². The normalized spacial score (nSPS) is 25.2. The molecule has 2 heterocycles. The molecule has 2 unspecified atom stereocenters. The smallest absolute Gasteiger partial charge is 0.268 e. The molecule has 0 bridgehead atoms. The summed E-state index contributed by atoms with van der Waals surface area (Å²) in [7, 11) is 0. The summed E-state index contributed by atoms with van der Waals surface area (Å²) in [5.74, 6) is 0.644. The van der Waals surface area contributed by atoms with Crippen molar-refractivity contribution >= 4 is 21.6 Å². The Morgan fingerprint density at radius 3 is 2.94 bits per heavy atom. The van der Waals surface area contributed by atoms with Crippen LogP contribution in [0.2, 0.25) is 0 Å². The summed E-state index contributed by atoms with van der Waals surface area (Å²) in [5.41, 5.74) is 0.173. The lowest BCUT2D eigenvalue weighted by molar-refractivity contribution is 0.310. The SMILES string of the molecule is CC1CNCC(n2sc3ccccc3c2=O)C1. The molecule has 0 amide bonds. The molecule has 4 heteroatoms. The van der Waals surface area contributed by atoms with Crippen LogP contribution in [0.15, 0.2) is 29.1 Å². The molecule has 1 saturated heterocycles. The van der Waals surface area contributed by atoms with E-state index in [1.165, 1.54) is 0 Å². The van der Waals surface area contributed by atoms with Gasteiger partial charge in [-0.05, 0) is 31.0 Å². The van der Waals surface area contributed by atoms with Crippen molar-refractivity contribution in [2.45, 2.75) is 19.4 Å². The number of nitrogens with one attached hydrogen (secondary N) is 1. The van der Waals surface area contributed by atoms with Gasteiger partial charge in [-0.2, -0.15) is 0 Å². The standard InChI is InChI=1S/C13H16N2OS/c1-9-6-10(8-14-7-9)15-13(16)11-4-2-3-5-12(11)17-15/h2-5,9-10,14H,6-8H2,1H3. The van der Waals surface area contributed by atoms with E-state index >= 15 is 0 Å². The van der Waals surface area contributed by atoms with Crippen LogP contribution < -0.4 is 10.9 Å². The molecule has 0 aliphatic carbocycles. The van der Waals surface area contributed by atoms with Crippen molar-refractivity contribution in [3.05, 3.63) is 34.6 Å². The Labute approximate surface area is 104 Å². The highest BCUT2D eigenvalue weighted by molar-refractivity contribution is 7.13. The van der Waals surface area contributed by atoms with Crippen molar-refractivity contribution in [1.82, 2.24) is 9.27 Å². The Balaban J connectivity index is 2.05. The highest BCUT2D eigenvalue weighted by Gasteiger charge is 2.22. The fourth-order valence-electron chi connectivity index (χ4n) is 2.54. The third-order valence-corrected chi connectivity index (χ3v) is 4.61. The zero-order valence-electron chi connectivity index (χ0n) is 9.85. The molecule has 3 nitrogen and oxygen atoms in total. The van der Waals surface area contributed by atoms with E-state index in [0.29, 0.717) is 12.0 Å².